The van der Waals surface area contributed by atoms with Crippen molar-refractivity contribution < 1.29 is 18.0 Å². The SMILES string of the molecule is Cc1csc(NC(=O)NCc2ccc(C(F)(F)F)cc2)n1. The van der Waals surface area contributed by atoms with Crippen LogP contribution in [0.3, 0.4) is 0 Å². The lowest BCUT2D eigenvalue weighted by molar-refractivity contribution is -0.137. The standard InChI is InChI=1S/C13H12F3N3OS/c1-8-7-21-12(18-8)19-11(20)17-6-9-2-4-10(5-3-9)13(14,15)16/h2-5,7H,6H2,1H3,(H2,17,18,19,20). The lowest BCUT2D eigenvalue weighted by Gasteiger charge is -2.08. The van der Waals surface area contributed by atoms with Crippen LogP contribution in [0.4, 0.5) is 23.1 Å². The van der Waals surface area contributed by atoms with E-state index >= 15 is 0 Å². The molecule has 0 radical (unpaired) electrons. The van der Waals surface area contributed by atoms with E-state index in [0.29, 0.717) is 10.7 Å². The molecule has 1 aromatic carbocycles. The van der Waals surface area contributed by atoms with Gasteiger partial charge in [-0.1, -0.05) is 12.1 Å². The van der Waals surface area contributed by atoms with E-state index in [9.17, 15) is 18.0 Å². The van der Waals surface area contributed by atoms with Crippen molar-refractivity contribution in [3.05, 3.63) is 46.5 Å². The van der Waals surface area contributed by atoms with Crippen LogP contribution in [0.25, 0.3) is 0 Å². The van der Waals surface area contributed by atoms with Gasteiger partial charge >= 0.3 is 12.2 Å². The molecule has 0 saturated carbocycles. The topological polar surface area (TPSA) is 54.0 Å². The summed E-state index contributed by atoms with van der Waals surface area (Å²) in [5.41, 5.74) is 0.667. The van der Waals surface area contributed by atoms with Gasteiger partial charge in [0.1, 0.15) is 0 Å². The Balaban J connectivity index is 1.86. The predicted molar refractivity (Wildman–Crippen MR) is 74.2 cm³/mol. The molecule has 8 heteroatoms. The summed E-state index contributed by atoms with van der Waals surface area (Å²) in [6.45, 7) is 1.94. The Morgan fingerprint density at radius 3 is 2.48 bits per heavy atom. The smallest absolute Gasteiger partial charge is 0.334 e. The minimum Gasteiger partial charge on any atom is -0.334 e. The average Bonchev–Trinajstić information content (AvgIpc) is 2.81. The molecule has 0 aliphatic heterocycles. The number of carbonyl (C=O) groups excluding carboxylic acids is 1. The van der Waals surface area contributed by atoms with Crippen LogP contribution in [0.5, 0.6) is 0 Å². The number of nitrogens with zero attached hydrogens (tertiary/aromatic N) is 1. The molecule has 0 bridgehead atoms. The van der Waals surface area contributed by atoms with Crippen LogP contribution in [0, 0.1) is 6.92 Å². The number of thiazole rings is 1. The number of nitrogens with one attached hydrogen (secondary N) is 2. The summed E-state index contributed by atoms with van der Waals surface area (Å²) in [6, 6.07) is 4.18. The number of hydrogen-bond acceptors (Lipinski definition) is 3. The number of benzene rings is 1. The highest BCUT2D eigenvalue weighted by Crippen LogP contribution is 2.29. The Morgan fingerprint density at radius 1 is 1.29 bits per heavy atom. The largest absolute Gasteiger partial charge is 0.416 e. The first-order chi connectivity index (χ1) is 9.84. The second-order valence-corrected chi connectivity index (χ2v) is 5.15. The summed E-state index contributed by atoms with van der Waals surface area (Å²) < 4.78 is 37.2. The Hall–Kier alpha value is -2.09. The number of aromatic nitrogens is 1. The monoisotopic (exact) mass is 315 g/mol. The predicted octanol–water partition coefficient (Wildman–Crippen LogP) is 3.79. The summed E-state index contributed by atoms with van der Waals surface area (Å²) in [4.78, 5) is 15.7. The van der Waals surface area contributed by atoms with E-state index in [1.165, 1.54) is 23.5 Å². The van der Waals surface area contributed by atoms with Crippen molar-refractivity contribution in [2.24, 2.45) is 0 Å². The number of carbonyl (C=O) groups is 1. The van der Waals surface area contributed by atoms with E-state index in [1.54, 1.807) is 5.38 Å². The first-order valence-electron chi connectivity index (χ1n) is 5.98. The third-order valence-corrected chi connectivity index (χ3v) is 3.45. The second-order valence-electron chi connectivity index (χ2n) is 4.30. The molecule has 0 saturated heterocycles. The zero-order chi connectivity index (χ0) is 15.5. The number of anilines is 1. The van der Waals surface area contributed by atoms with E-state index < -0.39 is 17.8 Å². The van der Waals surface area contributed by atoms with Crippen LogP contribution in [0.2, 0.25) is 0 Å². The molecule has 2 amide bonds. The first-order valence-corrected chi connectivity index (χ1v) is 6.85. The molecule has 1 heterocycles. The van der Waals surface area contributed by atoms with Crippen molar-refractivity contribution in [3.63, 3.8) is 0 Å². The van der Waals surface area contributed by atoms with Gasteiger partial charge in [-0.2, -0.15) is 13.2 Å². The Kier molecular flexibility index (Phi) is 4.46. The van der Waals surface area contributed by atoms with Crippen molar-refractivity contribution in [1.29, 1.82) is 0 Å². The van der Waals surface area contributed by atoms with Gasteiger partial charge in [0.2, 0.25) is 0 Å². The number of alkyl halides is 3. The molecule has 0 fully saturated rings. The van der Waals surface area contributed by atoms with Crippen LogP contribution in [-0.2, 0) is 12.7 Å². The van der Waals surface area contributed by atoms with Crippen molar-refractivity contribution in [3.8, 4) is 0 Å². The summed E-state index contributed by atoms with van der Waals surface area (Å²) in [5, 5.41) is 7.36. The molecule has 112 valence electrons. The normalized spacial score (nSPS) is 11.2. The number of hydrogen-bond donors (Lipinski definition) is 2. The number of rotatable bonds is 3. The molecular formula is C13H12F3N3OS. The molecule has 4 nitrogen and oxygen atoms in total. The lowest BCUT2D eigenvalue weighted by atomic mass is 10.1. The van der Waals surface area contributed by atoms with Gasteiger partial charge in [-0.3, -0.25) is 5.32 Å². The van der Waals surface area contributed by atoms with E-state index in [-0.39, 0.29) is 6.54 Å². The summed E-state index contributed by atoms with van der Waals surface area (Å²) in [5.74, 6) is 0. The quantitative estimate of drug-likeness (QED) is 0.905. The summed E-state index contributed by atoms with van der Waals surface area (Å²) >= 11 is 1.30. The third-order valence-electron chi connectivity index (χ3n) is 2.57. The van der Waals surface area contributed by atoms with Crippen LogP contribution < -0.4 is 10.6 Å². The average molecular weight is 315 g/mol. The molecular weight excluding hydrogens is 303 g/mol. The molecule has 0 atom stereocenters. The zero-order valence-corrected chi connectivity index (χ0v) is 11.8. The van der Waals surface area contributed by atoms with E-state index in [1.807, 2.05) is 6.92 Å². The van der Waals surface area contributed by atoms with Gasteiger partial charge in [-0.05, 0) is 24.6 Å². The van der Waals surface area contributed by atoms with Crippen molar-refractivity contribution in [2.75, 3.05) is 5.32 Å². The van der Waals surface area contributed by atoms with Gasteiger partial charge in [-0.15, -0.1) is 11.3 Å². The van der Waals surface area contributed by atoms with Gasteiger partial charge in [0.25, 0.3) is 0 Å². The van der Waals surface area contributed by atoms with E-state index in [2.05, 4.69) is 15.6 Å². The number of aryl methyl sites for hydroxylation is 1. The summed E-state index contributed by atoms with van der Waals surface area (Å²) in [7, 11) is 0. The molecule has 2 aromatic rings. The molecule has 0 spiro atoms. The molecule has 0 unspecified atom stereocenters. The van der Waals surface area contributed by atoms with Crippen LogP contribution in [0.15, 0.2) is 29.6 Å². The fourth-order valence-corrected chi connectivity index (χ4v) is 2.23. The van der Waals surface area contributed by atoms with Gasteiger partial charge in [0.15, 0.2) is 5.13 Å². The number of halogens is 3. The van der Waals surface area contributed by atoms with Crippen molar-refractivity contribution >= 4 is 22.5 Å². The first kappa shape index (κ1) is 15.3. The highest BCUT2D eigenvalue weighted by atomic mass is 32.1. The Bertz CT molecular complexity index is 622. The molecule has 2 N–H and O–H groups in total. The Morgan fingerprint density at radius 2 is 1.95 bits per heavy atom. The van der Waals surface area contributed by atoms with E-state index in [0.717, 1.165) is 17.8 Å². The van der Waals surface area contributed by atoms with Crippen LogP contribution >= 0.6 is 11.3 Å². The van der Waals surface area contributed by atoms with E-state index in [4.69, 9.17) is 0 Å². The number of urea groups is 1. The summed E-state index contributed by atoms with van der Waals surface area (Å²) in [6.07, 6.45) is -4.36. The van der Waals surface area contributed by atoms with Crippen LogP contribution in [-0.4, -0.2) is 11.0 Å². The minimum absolute atomic E-state index is 0.133. The molecule has 2 rings (SSSR count). The van der Waals surface area contributed by atoms with Gasteiger partial charge in [0.05, 0.1) is 11.3 Å². The highest BCUT2D eigenvalue weighted by molar-refractivity contribution is 7.13. The molecule has 0 aliphatic rings. The van der Waals surface area contributed by atoms with Gasteiger partial charge in [-0.25, -0.2) is 9.78 Å². The lowest BCUT2D eigenvalue weighted by Crippen LogP contribution is -2.28. The fraction of sp³-hybridized carbons (Fsp3) is 0.231. The van der Waals surface area contributed by atoms with Crippen molar-refractivity contribution in [2.45, 2.75) is 19.6 Å². The molecule has 1 aromatic heterocycles. The third kappa shape index (κ3) is 4.45. The zero-order valence-electron chi connectivity index (χ0n) is 11.0. The maximum atomic E-state index is 12.4. The fourth-order valence-electron chi connectivity index (χ4n) is 1.55. The maximum Gasteiger partial charge on any atom is 0.416 e. The van der Waals surface area contributed by atoms with Crippen LogP contribution in [0.1, 0.15) is 16.8 Å². The molecule has 21 heavy (non-hydrogen) atoms. The minimum atomic E-state index is -4.36. The highest BCUT2D eigenvalue weighted by Gasteiger charge is 2.29. The number of amides is 2. The Labute approximate surface area is 123 Å². The van der Waals surface area contributed by atoms with Crippen molar-refractivity contribution in [1.82, 2.24) is 10.3 Å². The maximum absolute atomic E-state index is 12.4. The second kappa shape index (κ2) is 6.13. The van der Waals surface area contributed by atoms with Gasteiger partial charge < -0.3 is 5.32 Å². The molecule has 0 aliphatic carbocycles. The van der Waals surface area contributed by atoms with Gasteiger partial charge in [0, 0.05) is 11.9 Å².